The molecule has 2 aromatic carbocycles. The van der Waals surface area contributed by atoms with Gasteiger partial charge in [0.15, 0.2) is 0 Å². The molecule has 8 nitrogen and oxygen atoms in total. The standard InChI is InChI=1S/C21H23F3N6O2/c1-32-17-8-6-16(7-9-17)27-20-29-18(25-10-3-11-31)28-19(30-20)26-13-14-4-2-5-15(12-14)21(22,23)24/h2,4-9,12,31H,3,10-11,13H2,1H3,(H3,25,26,27,28,29,30). The Labute approximate surface area is 182 Å². The number of aromatic nitrogens is 3. The Hall–Kier alpha value is -3.60. The molecule has 0 unspecified atom stereocenters. The molecular formula is C21H23F3N6O2. The van der Waals surface area contributed by atoms with Gasteiger partial charge in [-0.2, -0.15) is 28.1 Å². The minimum absolute atomic E-state index is 0.00962. The van der Waals surface area contributed by atoms with Gasteiger partial charge < -0.3 is 25.8 Å². The summed E-state index contributed by atoms with van der Waals surface area (Å²) in [4.78, 5) is 12.8. The molecule has 11 heteroatoms. The number of halogens is 3. The number of aliphatic hydroxyl groups is 1. The quantitative estimate of drug-likeness (QED) is 0.345. The van der Waals surface area contributed by atoms with Crippen LogP contribution in [0.15, 0.2) is 48.5 Å². The highest BCUT2D eigenvalue weighted by Gasteiger charge is 2.30. The maximum atomic E-state index is 12.9. The monoisotopic (exact) mass is 448 g/mol. The number of ether oxygens (including phenoxy) is 1. The molecule has 0 aliphatic carbocycles. The number of alkyl halides is 3. The van der Waals surface area contributed by atoms with E-state index in [1.807, 2.05) is 0 Å². The number of rotatable bonds is 10. The van der Waals surface area contributed by atoms with E-state index in [1.165, 1.54) is 6.07 Å². The van der Waals surface area contributed by atoms with E-state index in [9.17, 15) is 13.2 Å². The summed E-state index contributed by atoms with van der Waals surface area (Å²) in [6.45, 7) is 0.539. The number of hydrogen-bond donors (Lipinski definition) is 4. The molecule has 0 radical (unpaired) electrons. The Morgan fingerprint density at radius 2 is 1.62 bits per heavy atom. The highest BCUT2D eigenvalue weighted by Crippen LogP contribution is 2.29. The molecule has 0 saturated heterocycles. The van der Waals surface area contributed by atoms with Crippen molar-refractivity contribution in [1.29, 1.82) is 0 Å². The highest BCUT2D eigenvalue weighted by atomic mass is 19.4. The molecule has 0 fully saturated rings. The zero-order valence-electron chi connectivity index (χ0n) is 17.3. The van der Waals surface area contributed by atoms with Crippen LogP contribution in [0, 0.1) is 0 Å². The van der Waals surface area contributed by atoms with E-state index in [1.54, 1.807) is 37.4 Å². The topological polar surface area (TPSA) is 104 Å². The van der Waals surface area contributed by atoms with E-state index in [0.29, 0.717) is 30.0 Å². The van der Waals surface area contributed by atoms with E-state index >= 15 is 0 Å². The molecule has 1 aromatic heterocycles. The zero-order valence-corrected chi connectivity index (χ0v) is 17.3. The van der Waals surface area contributed by atoms with Crippen molar-refractivity contribution in [2.75, 3.05) is 36.2 Å². The fraction of sp³-hybridized carbons (Fsp3) is 0.286. The van der Waals surface area contributed by atoms with Crippen LogP contribution in [0.2, 0.25) is 0 Å². The zero-order chi connectivity index (χ0) is 23.0. The molecule has 0 aliphatic rings. The molecule has 3 rings (SSSR count). The summed E-state index contributed by atoms with van der Waals surface area (Å²) >= 11 is 0. The summed E-state index contributed by atoms with van der Waals surface area (Å²) in [5.41, 5.74) is 0.419. The van der Waals surface area contributed by atoms with Crippen LogP contribution in [-0.4, -0.2) is 40.3 Å². The number of aliphatic hydroxyl groups excluding tert-OH is 1. The lowest BCUT2D eigenvalue weighted by Crippen LogP contribution is -2.13. The second kappa shape index (κ2) is 10.6. The molecular weight excluding hydrogens is 425 g/mol. The van der Waals surface area contributed by atoms with Gasteiger partial charge in [0.1, 0.15) is 5.75 Å². The SMILES string of the molecule is COc1ccc(Nc2nc(NCCCO)nc(NCc3cccc(C(F)(F)F)c3)n2)cc1. The Bertz CT molecular complexity index is 1020. The van der Waals surface area contributed by atoms with Gasteiger partial charge in [-0.25, -0.2) is 0 Å². The number of nitrogens with one attached hydrogen (secondary N) is 3. The predicted molar refractivity (Wildman–Crippen MR) is 115 cm³/mol. The Morgan fingerprint density at radius 1 is 0.938 bits per heavy atom. The average molecular weight is 448 g/mol. The third-order valence-corrected chi connectivity index (χ3v) is 4.30. The van der Waals surface area contributed by atoms with Gasteiger partial charge in [0.05, 0.1) is 12.7 Å². The van der Waals surface area contributed by atoms with Gasteiger partial charge in [0.25, 0.3) is 0 Å². The van der Waals surface area contributed by atoms with Gasteiger partial charge in [-0.3, -0.25) is 0 Å². The van der Waals surface area contributed by atoms with Crippen molar-refractivity contribution >= 4 is 23.5 Å². The maximum Gasteiger partial charge on any atom is 0.416 e. The van der Waals surface area contributed by atoms with Crippen molar-refractivity contribution in [3.63, 3.8) is 0 Å². The Balaban J connectivity index is 1.77. The summed E-state index contributed by atoms with van der Waals surface area (Å²) in [7, 11) is 1.57. The Morgan fingerprint density at radius 3 is 2.28 bits per heavy atom. The predicted octanol–water partition coefficient (Wildman–Crippen LogP) is 4.05. The molecule has 0 spiro atoms. The molecule has 0 bridgehead atoms. The van der Waals surface area contributed by atoms with Gasteiger partial charge in [-0.1, -0.05) is 12.1 Å². The van der Waals surface area contributed by atoms with Gasteiger partial charge in [0, 0.05) is 25.4 Å². The second-order valence-corrected chi connectivity index (χ2v) is 6.72. The third kappa shape index (κ3) is 6.71. The first-order valence-corrected chi connectivity index (χ1v) is 9.79. The molecule has 0 atom stereocenters. The summed E-state index contributed by atoms with van der Waals surface area (Å²) in [6.07, 6.45) is -3.91. The van der Waals surface area contributed by atoms with Crippen LogP contribution in [0.5, 0.6) is 5.75 Å². The summed E-state index contributed by atoms with van der Waals surface area (Å²) < 4.78 is 44.0. The van der Waals surface area contributed by atoms with Crippen molar-refractivity contribution in [3.05, 3.63) is 59.7 Å². The van der Waals surface area contributed by atoms with Crippen LogP contribution in [0.25, 0.3) is 0 Å². The number of anilines is 4. The molecule has 0 amide bonds. The number of methoxy groups -OCH3 is 1. The highest BCUT2D eigenvalue weighted by molar-refractivity contribution is 5.56. The van der Waals surface area contributed by atoms with Crippen LogP contribution >= 0.6 is 0 Å². The van der Waals surface area contributed by atoms with Gasteiger partial charge in [0.2, 0.25) is 17.8 Å². The summed E-state index contributed by atoms with van der Waals surface area (Å²) in [6, 6.07) is 12.2. The van der Waals surface area contributed by atoms with Crippen molar-refractivity contribution in [2.45, 2.75) is 19.1 Å². The molecule has 1 heterocycles. The smallest absolute Gasteiger partial charge is 0.416 e. The first kappa shape index (κ1) is 23.1. The van der Waals surface area contributed by atoms with E-state index < -0.39 is 11.7 Å². The maximum absolute atomic E-state index is 12.9. The fourth-order valence-electron chi connectivity index (χ4n) is 2.71. The minimum atomic E-state index is -4.41. The van der Waals surface area contributed by atoms with Crippen molar-refractivity contribution in [3.8, 4) is 5.75 Å². The number of nitrogens with zero attached hydrogens (tertiary/aromatic N) is 3. The average Bonchev–Trinajstić information content (AvgIpc) is 2.78. The van der Waals surface area contributed by atoms with Crippen molar-refractivity contribution in [2.24, 2.45) is 0 Å². The minimum Gasteiger partial charge on any atom is -0.497 e. The number of benzene rings is 2. The van der Waals surface area contributed by atoms with Crippen LogP contribution in [0.3, 0.4) is 0 Å². The first-order valence-electron chi connectivity index (χ1n) is 9.79. The first-order chi connectivity index (χ1) is 15.4. The lowest BCUT2D eigenvalue weighted by molar-refractivity contribution is -0.137. The van der Waals surface area contributed by atoms with Crippen LogP contribution in [-0.2, 0) is 12.7 Å². The van der Waals surface area contributed by atoms with Crippen LogP contribution in [0.4, 0.5) is 36.7 Å². The van der Waals surface area contributed by atoms with Crippen LogP contribution < -0.4 is 20.7 Å². The van der Waals surface area contributed by atoms with Crippen LogP contribution in [0.1, 0.15) is 17.5 Å². The largest absolute Gasteiger partial charge is 0.497 e. The van der Waals surface area contributed by atoms with E-state index in [2.05, 4.69) is 30.9 Å². The van der Waals surface area contributed by atoms with Crippen molar-refractivity contribution < 1.29 is 23.0 Å². The van der Waals surface area contributed by atoms with Gasteiger partial charge in [-0.15, -0.1) is 0 Å². The molecule has 4 N–H and O–H groups in total. The van der Waals surface area contributed by atoms with Crippen molar-refractivity contribution in [1.82, 2.24) is 15.0 Å². The lowest BCUT2D eigenvalue weighted by atomic mass is 10.1. The normalized spacial score (nSPS) is 11.2. The summed E-state index contributed by atoms with van der Waals surface area (Å²) in [5.74, 6) is 1.38. The van der Waals surface area contributed by atoms with Gasteiger partial charge >= 0.3 is 6.18 Å². The third-order valence-electron chi connectivity index (χ3n) is 4.30. The van der Waals surface area contributed by atoms with E-state index in [-0.39, 0.29) is 31.0 Å². The summed E-state index contributed by atoms with van der Waals surface area (Å²) in [5, 5.41) is 18.0. The number of hydrogen-bond acceptors (Lipinski definition) is 8. The fourth-order valence-corrected chi connectivity index (χ4v) is 2.71. The van der Waals surface area contributed by atoms with E-state index in [4.69, 9.17) is 9.84 Å². The molecule has 32 heavy (non-hydrogen) atoms. The van der Waals surface area contributed by atoms with Gasteiger partial charge in [-0.05, 0) is 48.4 Å². The molecule has 3 aromatic rings. The van der Waals surface area contributed by atoms with E-state index in [0.717, 1.165) is 12.1 Å². The molecule has 0 saturated carbocycles. The Kier molecular flexibility index (Phi) is 7.66. The molecule has 0 aliphatic heterocycles. The molecule has 170 valence electrons. The lowest BCUT2D eigenvalue weighted by Gasteiger charge is -2.12. The second-order valence-electron chi connectivity index (χ2n) is 6.72.